The van der Waals surface area contributed by atoms with Crippen molar-refractivity contribution < 1.29 is 14.3 Å². The second kappa shape index (κ2) is 11.7. The van der Waals surface area contributed by atoms with Gasteiger partial charge in [-0.25, -0.2) is 14.2 Å². The molecule has 4 aromatic rings. The van der Waals surface area contributed by atoms with Gasteiger partial charge < -0.3 is 10.1 Å². The lowest BCUT2D eigenvalue weighted by Crippen LogP contribution is -2.44. The standard InChI is InChI=1S/C29H27ClIN3O5/c1-16(2)39-28(37)23(32-26(35)25-17(3)6-5-7-22(25)30)14-18-8-11-20(12-9-18)34-27(36)21-15-19(31)10-13-24(21)33(4)29(34)38/h5-13,15-16,23H,14H2,1-4H3,(H,32,35)/t23-/m0/s1. The lowest BCUT2D eigenvalue weighted by molar-refractivity contribution is -0.149. The van der Waals surface area contributed by atoms with Crippen LogP contribution in [0.5, 0.6) is 0 Å². The van der Waals surface area contributed by atoms with Crippen LogP contribution in [-0.4, -0.2) is 33.2 Å². The highest BCUT2D eigenvalue weighted by molar-refractivity contribution is 14.1. The van der Waals surface area contributed by atoms with E-state index in [2.05, 4.69) is 27.9 Å². The van der Waals surface area contributed by atoms with Gasteiger partial charge in [-0.2, -0.15) is 0 Å². The Morgan fingerprint density at radius 2 is 1.74 bits per heavy atom. The van der Waals surface area contributed by atoms with Gasteiger partial charge in [0.25, 0.3) is 11.5 Å². The van der Waals surface area contributed by atoms with Gasteiger partial charge in [-0.15, -0.1) is 0 Å². The molecular formula is C29H27ClIN3O5. The first-order valence-electron chi connectivity index (χ1n) is 12.2. The third-order valence-electron chi connectivity index (χ3n) is 6.26. The fourth-order valence-electron chi connectivity index (χ4n) is 4.33. The number of fused-ring (bicyclic) bond motifs is 1. The van der Waals surface area contributed by atoms with Crippen LogP contribution in [-0.2, 0) is 23.0 Å². The zero-order valence-electron chi connectivity index (χ0n) is 21.8. The van der Waals surface area contributed by atoms with E-state index in [9.17, 15) is 19.2 Å². The highest BCUT2D eigenvalue weighted by Gasteiger charge is 2.26. The normalized spacial score (nSPS) is 12.0. The number of esters is 1. The minimum absolute atomic E-state index is 0.129. The van der Waals surface area contributed by atoms with E-state index < -0.39 is 29.2 Å². The van der Waals surface area contributed by atoms with Crippen molar-refractivity contribution in [3.8, 4) is 5.69 Å². The Kier molecular flexibility index (Phi) is 8.60. The lowest BCUT2D eigenvalue weighted by Gasteiger charge is -2.20. The number of nitrogens with zero attached hydrogens (tertiary/aromatic N) is 2. The van der Waals surface area contributed by atoms with E-state index in [1.165, 1.54) is 4.57 Å². The SMILES string of the molecule is Cc1cccc(Cl)c1C(=O)N[C@@H](Cc1ccc(-n2c(=O)c3cc(I)ccc3n(C)c2=O)cc1)C(=O)OC(C)C. The molecule has 0 unspecified atom stereocenters. The smallest absolute Gasteiger partial charge is 0.335 e. The molecule has 0 aliphatic heterocycles. The number of carbonyl (C=O) groups excluding carboxylic acids is 2. The summed E-state index contributed by atoms with van der Waals surface area (Å²) in [6.07, 6.45) is -0.246. The lowest BCUT2D eigenvalue weighted by atomic mass is 10.0. The summed E-state index contributed by atoms with van der Waals surface area (Å²) < 4.78 is 8.83. The van der Waals surface area contributed by atoms with E-state index in [1.807, 2.05) is 6.07 Å². The van der Waals surface area contributed by atoms with Gasteiger partial charge in [-0.3, -0.25) is 14.2 Å². The Morgan fingerprint density at radius 1 is 1.05 bits per heavy atom. The summed E-state index contributed by atoms with van der Waals surface area (Å²) in [7, 11) is 1.62. The molecule has 202 valence electrons. The van der Waals surface area contributed by atoms with Crippen LogP contribution in [0.1, 0.15) is 35.3 Å². The van der Waals surface area contributed by atoms with Crippen molar-refractivity contribution >= 4 is 57.0 Å². The second-order valence-electron chi connectivity index (χ2n) is 9.46. The number of halogens is 2. The molecule has 0 fully saturated rings. The predicted octanol–water partition coefficient (Wildman–Crippen LogP) is 4.55. The molecule has 0 bridgehead atoms. The van der Waals surface area contributed by atoms with Gasteiger partial charge in [0, 0.05) is 17.0 Å². The van der Waals surface area contributed by atoms with Gasteiger partial charge in [-0.05, 0) is 90.9 Å². The van der Waals surface area contributed by atoms with Crippen LogP contribution in [0, 0.1) is 10.5 Å². The minimum Gasteiger partial charge on any atom is -0.461 e. The van der Waals surface area contributed by atoms with Crippen LogP contribution in [0.2, 0.25) is 5.02 Å². The quantitative estimate of drug-likeness (QED) is 0.232. The number of amides is 1. The maximum Gasteiger partial charge on any atom is 0.335 e. The molecule has 1 aromatic heterocycles. The van der Waals surface area contributed by atoms with Crippen LogP contribution in [0.4, 0.5) is 0 Å². The van der Waals surface area contributed by atoms with Crippen LogP contribution in [0.3, 0.4) is 0 Å². The topological polar surface area (TPSA) is 99.4 Å². The third kappa shape index (κ3) is 6.09. The molecular weight excluding hydrogens is 633 g/mol. The van der Waals surface area contributed by atoms with Crippen molar-refractivity contribution in [2.24, 2.45) is 7.05 Å². The van der Waals surface area contributed by atoms with Gasteiger partial charge >= 0.3 is 11.7 Å². The number of benzene rings is 3. The fraction of sp³-hybridized carbons (Fsp3) is 0.241. The largest absolute Gasteiger partial charge is 0.461 e. The number of ether oxygens (including phenoxy) is 1. The Morgan fingerprint density at radius 3 is 2.38 bits per heavy atom. The summed E-state index contributed by atoms with van der Waals surface area (Å²) in [5.74, 6) is -1.07. The van der Waals surface area contributed by atoms with Crippen molar-refractivity contribution in [2.75, 3.05) is 0 Å². The van der Waals surface area contributed by atoms with Crippen LogP contribution in [0.15, 0.2) is 70.3 Å². The molecule has 0 saturated carbocycles. The van der Waals surface area contributed by atoms with Crippen LogP contribution < -0.4 is 16.6 Å². The number of aromatic nitrogens is 2. The van der Waals surface area contributed by atoms with E-state index in [-0.39, 0.29) is 23.1 Å². The Balaban J connectivity index is 1.66. The summed E-state index contributed by atoms with van der Waals surface area (Å²) in [5, 5.41) is 3.47. The first-order chi connectivity index (χ1) is 18.5. The number of hydrogen-bond donors (Lipinski definition) is 1. The number of carbonyl (C=O) groups is 2. The third-order valence-corrected chi connectivity index (χ3v) is 7.24. The first-order valence-corrected chi connectivity index (χ1v) is 13.7. The summed E-state index contributed by atoms with van der Waals surface area (Å²) in [5.41, 5.74) is 1.72. The predicted molar refractivity (Wildman–Crippen MR) is 160 cm³/mol. The molecule has 4 rings (SSSR count). The molecule has 0 saturated heterocycles. The molecule has 39 heavy (non-hydrogen) atoms. The molecule has 0 spiro atoms. The summed E-state index contributed by atoms with van der Waals surface area (Å²) in [4.78, 5) is 52.3. The Bertz CT molecular complexity index is 1670. The molecule has 1 heterocycles. The molecule has 3 aromatic carbocycles. The average Bonchev–Trinajstić information content (AvgIpc) is 2.87. The van der Waals surface area contributed by atoms with Crippen molar-refractivity contribution in [1.29, 1.82) is 0 Å². The number of rotatable bonds is 7. The summed E-state index contributed by atoms with van der Waals surface area (Å²) in [6.45, 7) is 5.22. The number of aryl methyl sites for hydroxylation is 2. The highest BCUT2D eigenvalue weighted by Crippen LogP contribution is 2.20. The van der Waals surface area contributed by atoms with Gasteiger partial charge in [0.15, 0.2) is 0 Å². The zero-order valence-corrected chi connectivity index (χ0v) is 24.7. The second-order valence-corrected chi connectivity index (χ2v) is 11.1. The Labute approximate surface area is 243 Å². The molecule has 1 atom stereocenters. The van der Waals surface area contributed by atoms with Crippen LogP contribution >= 0.6 is 34.2 Å². The van der Waals surface area contributed by atoms with Crippen molar-refractivity contribution in [2.45, 2.75) is 39.3 Å². The molecule has 1 N–H and O–H groups in total. The van der Waals surface area contributed by atoms with Gasteiger partial charge in [-0.1, -0.05) is 35.9 Å². The minimum atomic E-state index is -0.986. The maximum absolute atomic E-state index is 13.2. The van der Waals surface area contributed by atoms with E-state index in [4.69, 9.17) is 16.3 Å². The van der Waals surface area contributed by atoms with Gasteiger partial charge in [0.1, 0.15) is 6.04 Å². The van der Waals surface area contributed by atoms with Crippen molar-refractivity contribution in [1.82, 2.24) is 14.5 Å². The maximum atomic E-state index is 13.2. The summed E-state index contributed by atoms with van der Waals surface area (Å²) in [6, 6.07) is 16.2. The summed E-state index contributed by atoms with van der Waals surface area (Å²) >= 11 is 8.38. The molecule has 10 heteroatoms. The van der Waals surface area contributed by atoms with Gasteiger partial charge in [0.05, 0.1) is 33.3 Å². The van der Waals surface area contributed by atoms with E-state index in [0.29, 0.717) is 27.7 Å². The molecule has 1 amide bonds. The first kappa shape index (κ1) is 28.6. The zero-order chi connectivity index (χ0) is 28.4. The van der Waals surface area contributed by atoms with Crippen molar-refractivity contribution in [3.05, 3.63) is 107 Å². The van der Waals surface area contributed by atoms with E-state index >= 15 is 0 Å². The molecule has 0 aliphatic rings. The highest BCUT2D eigenvalue weighted by atomic mass is 127. The fourth-order valence-corrected chi connectivity index (χ4v) is 5.13. The van der Waals surface area contributed by atoms with Gasteiger partial charge in [0.2, 0.25) is 0 Å². The number of hydrogen-bond acceptors (Lipinski definition) is 5. The van der Waals surface area contributed by atoms with Crippen LogP contribution in [0.25, 0.3) is 16.6 Å². The molecule has 8 nitrogen and oxygen atoms in total. The average molecular weight is 660 g/mol. The van der Waals surface area contributed by atoms with Crippen molar-refractivity contribution in [3.63, 3.8) is 0 Å². The monoisotopic (exact) mass is 659 g/mol. The molecule has 0 radical (unpaired) electrons. The number of nitrogens with one attached hydrogen (secondary N) is 1. The molecule has 0 aliphatic carbocycles. The van der Waals surface area contributed by atoms with E-state index in [1.54, 1.807) is 82.4 Å². The van der Waals surface area contributed by atoms with E-state index in [0.717, 1.165) is 8.14 Å². The Hall–Kier alpha value is -3.44.